The highest BCUT2D eigenvalue weighted by molar-refractivity contribution is 7.91. The molecule has 0 aliphatic carbocycles. The average Bonchev–Trinajstić information content (AvgIpc) is 2.88. The number of carbonyl (C=O) groups is 1. The van der Waals surface area contributed by atoms with Crippen molar-refractivity contribution in [1.82, 2.24) is 4.31 Å². The van der Waals surface area contributed by atoms with Crippen molar-refractivity contribution in [3.8, 4) is 6.07 Å². The monoisotopic (exact) mass is 316 g/mol. The Morgan fingerprint density at radius 1 is 1.45 bits per heavy atom. The molecule has 0 unspecified atom stereocenters. The molecular weight excluding hydrogens is 300 g/mol. The summed E-state index contributed by atoms with van der Waals surface area (Å²) >= 11 is 0.892. The van der Waals surface area contributed by atoms with Crippen LogP contribution in [0.15, 0.2) is 16.3 Å². The Labute approximate surface area is 122 Å². The lowest BCUT2D eigenvalue weighted by Gasteiger charge is -2.19. The van der Waals surface area contributed by atoms with Crippen molar-refractivity contribution < 1.29 is 17.9 Å². The maximum absolute atomic E-state index is 12.4. The lowest BCUT2D eigenvalue weighted by Crippen LogP contribution is -2.36. The molecule has 0 amide bonds. The van der Waals surface area contributed by atoms with Gasteiger partial charge in [-0.1, -0.05) is 6.92 Å². The van der Waals surface area contributed by atoms with Crippen molar-refractivity contribution in [1.29, 1.82) is 5.26 Å². The zero-order chi connectivity index (χ0) is 15.2. The van der Waals surface area contributed by atoms with Crippen LogP contribution in [0.4, 0.5) is 0 Å². The van der Waals surface area contributed by atoms with Gasteiger partial charge in [0.05, 0.1) is 6.61 Å². The van der Waals surface area contributed by atoms with Gasteiger partial charge in [0.1, 0.15) is 21.7 Å². The summed E-state index contributed by atoms with van der Waals surface area (Å²) in [6.45, 7) is 3.60. The molecule has 1 heterocycles. The van der Waals surface area contributed by atoms with Crippen LogP contribution in [0.25, 0.3) is 0 Å². The average molecular weight is 316 g/mol. The fourth-order valence-corrected chi connectivity index (χ4v) is 4.26. The van der Waals surface area contributed by atoms with E-state index in [1.165, 1.54) is 12.1 Å². The van der Waals surface area contributed by atoms with Crippen molar-refractivity contribution in [3.05, 3.63) is 17.0 Å². The van der Waals surface area contributed by atoms with E-state index in [0.717, 1.165) is 15.6 Å². The molecule has 1 aromatic heterocycles. The van der Waals surface area contributed by atoms with Crippen molar-refractivity contribution in [2.75, 3.05) is 19.7 Å². The first-order valence-corrected chi connectivity index (χ1v) is 8.37. The van der Waals surface area contributed by atoms with Gasteiger partial charge in [0.15, 0.2) is 0 Å². The first-order chi connectivity index (χ1) is 9.45. The molecule has 0 radical (unpaired) electrons. The summed E-state index contributed by atoms with van der Waals surface area (Å²) in [6, 6.07) is 4.73. The minimum atomic E-state index is -3.77. The second-order valence-electron chi connectivity index (χ2n) is 3.87. The molecule has 6 nitrogen and oxygen atoms in total. The fourth-order valence-electron chi connectivity index (χ4n) is 1.53. The van der Waals surface area contributed by atoms with Crippen LogP contribution in [0.5, 0.6) is 0 Å². The number of nitriles is 1. The summed E-state index contributed by atoms with van der Waals surface area (Å²) in [4.78, 5) is 11.8. The largest absolute Gasteiger partial charge is 0.465 e. The Bertz CT molecular complexity index is 601. The van der Waals surface area contributed by atoms with Crippen LogP contribution in [0.2, 0.25) is 0 Å². The third kappa shape index (κ3) is 4.03. The molecule has 0 N–H and O–H groups in total. The standard InChI is InChI=1S/C12H16N2O4S2/c1-3-7-14(9-11(15)18-4-2)20(16,17)12-6-5-10(8-13)19-12/h5-6H,3-4,7,9H2,1-2H3. The first-order valence-electron chi connectivity index (χ1n) is 6.11. The third-order valence-electron chi connectivity index (χ3n) is 2.37. The molecular formula is C12H16N2O4S2. The number of sulfonamides is 1. The van der Waals surface area contributed by atoms with E-state index in [9.17, 15) is 13.2 Å². The quantitative estimate of drug-likeness (QED) is 0.713. The summed E-state index contributed by atoms with van der Waals surface area (Å²) < 4.78 is 30.7. The van der Waals surface area contributed by atoms with E-state index in [1.54, 1.807) is 6.92 Å². The lowest BCUT2D eigenvalue weighted by molar-refractivity contribution is -0.143. The minimum absolute atomic E-state index is 0.0619. The number of ether oxygens (including phenoxy) is 1. The molecule has 0 aliphatic heterocycles. The van der Waals surface area contributed by atoms with E-state index in [2.05, 4.69) is 0 Å². The van der Waals surface area contributed by atoms with Gasteiger partial charge in [-0.2, -0.15) is 9.57 Å². The second-order valence-corrected chi connectivity index (χ2v) is 7.12. The van der Waals surface area contributed by atoms with E-state index in [-0.39, 0.29) is 23.9 Å². The molecule has 0 atom stereocenters. The predicted molar refractivity (Wildman–Crippen MR) is 74.7 cm³/mol. The third-order valence-corrected chi connectivity index (χ3v) is 5.67. The Kier molecular flexibility index (Phi) is 6.13. The smallest absolute Gasteiger partial charge is 0.321 e. The number of hydrogen-bond donors (Lipinski definition) is 0. The van der Waals surface area contributed by atoms with Crippen LogP contribution in [-0.2, 0) is 19.6 Å². The molecule has 0 fully saturated rings. The Balaban J connectivity index is 3.00. The number of carbonyl (C=O) groups excluding carboxylic acids is 1. The first kappa shape index (κ1) is 16.6. The van der Waals surface area contributed by atoms with E-state index < -0.39 is 16.0 Å². The lowest BCUT2D eigenvalue weighted by atomic mass is 10.5. The molecule has 0 aliphatic rings. The number of thiophene rings is 1. The maximum Gasteiger partial charge on any atom is 0.321 e. The van der Waals surface area contributed by atoms with E-state index in [1.807, 2.05) is 13.0 Å². The van der Waals surface area contributed by atoms with Gasteiger partial charge >= 0.3 is 5.97 Å². The molecule has 110 valence electrons. The summed E-state index contributed by atoms with van der Waals surface area (Å²) in [7, 11) is -3.77. The SMILES string of the molecule is CCCN(CC(=O)OCC)S(=O)(=O)c1ccc(C#N)s1. The van der Waals surface area contributed by atoms with Crippen LogP contribution in [0.1, 0.15) is 25.1 Å². The van der Waals surface area contributed by atoms with Gasteiger partial charge in [-0.05, 0) is 25.5 Å². The van der Waals surface area contributed by atoms with Gasteiger partial charge in [0.25, 0.3) is 10.0 Å². The number of rotatable bonds is 7. The van der Waals surface area contributed by atoms with Crippen LogP contribution in [0, 0.1) is 11.3 Å². The highest BCUT2D eigenvalue weighted by Gasteiger charge is 2.28. The molecule has 8 heteroatoms. The molecule has 0 bridgehead atoms. The molecule has 20 heavy (non-hydrogen) atoms. The van der Waals surface area contributed by atoms with Crippen LogP contribution >= 0.6 is 11.3 Å². The van der Waals surface area contributed by atoms with Gasteiger partial charge in [-0.25, -0.2) is 8.42 Å². The van der Waals surface area contributed by atoms with Crippen LogP contribution in [-0.4, -0.2) is 38.4 Å². The van der Waals surface area contributed by atoms with E-state index >= 15 is 0 Å². The van der Waals surface area contributed by atoms with Crippen molar-refractivity contribution >= 4 is 27.3 Å². The Morgan fingerprint density at radius 2 is 2.15 bits per heavy atom. The van der Waals surface area contributed by atoms with Crippen LogP contribution < -0.4 is 0 Å². The zero-order valence-electron chi connectivity index (χ0n) is 11.3. The molecule has 0 saturated heterocycles. The van der Waals surface area contributed by atoms with Gasteiger partial charge in [-0.15, -0.1) is 11.3 Å². The van der Waals surface area contributed by atoms with Crippen molar-refractivity contribution in [2.45, 2.75) is 24.5 Å². The number of nitrogens with zero attached hydrogens (tertiary/aromatic N) is 2. The number of hydrogen-bond acceptors (Lipinski definition) is 6. The van der Waals surface area contributed by atoms with Gasteiger partial charge < -0.3 is 4.74 Å². The van der Waals surface area contributed by atoms with Crippen molar-refractivity contribution in [3.63, 3.8) is 0 Å². The molecule has 0 aromatic carbocycles. The second kappa shape index (κ2) is 7.38. The van der Waals surface area contributed by atoms with Crippen molar-refractivity contribution in [2.24, 2.45) is 0 Å². The fraction of sp³-hybridized carbons (Fsp3) is 0.500. The highest BCUT2D eigenvalue weighted by atomic mass is 32.2. The molecule has 0 saturated carbocycles. The summed E-state index contributed by atoms with van der Waals surface area (Å²) in [5.74, 6) is -0.582. The maximum atomic E-state index is 12.4. The Hall–Kier alpha value is -1.43. The summed E-state index contributed by atoms with van der Waals surface area (Å²) in [5.41, 5.74) is 0. The van der Waals surface area contributed by atoms with E-state index in [4.69, 9.17) is 10.00 Å². The van der Waals surface area contributed by atoms with E-state index in [0.29, 0.717) is 11.3 Å². The minimum Gasteiger partial charge on any atom is -0.465 e. The molecule has 0 spiro atoms. The normalized spacial score (nSPS) is 11.3. The Morgan fingerprint density at radius 3 is 2.65 bits per heavy atom. The molecule has 1 rings (SSSR count). The van der Waals surface area contributed by atoms with Gasteiger partial charge in [-0.3, -0.25) is 4.79 Å². The number of esters is 1. The topological polar surface area (TPSA) is 87.5 Å². The van der Waals surface area contributed by atoms with Crippen LogP contribution in [0.3, 0.4) is 0 Å². The van der Waals surface area contributed by atoms with Gasteiger partial charge in [0, 0.05) is 6.54 Å². The predicted octanol–water partition coefficient (Wildman–Crippen LogP) is 1.58. The van der Waals surface area contributed by atoms with Gasteiger partial charge in [0.2, 0.25) is 0 Å². The highest BCUT2D eigenvalue weighted by Crippen LogP contribution is 2.24. The summed E-state index contributed by atoms with van der Waals surface area (Å²) in [6.07, 6.45) is 0.578. The zero-order valence-corrected chi connectivity index (χ0v) is 13.0. The summed E-state index contributed by atoms with van der Waals surface area (Å²) in [5, 5.41) is 8.75. The molecule has 1 aromatic rings.